The Kier molecular flexibility index (Phi) is 5.61. The maximum atomic E-state index is 12.5. The normalized spacial score (nSPS) is 15.0. The van der Waals surface area contributed by atoms with E-state index in [-0.39, 0.29) is 17.7 Å². The number of carbonyl (C=O) groups is 2. The highest BCUT2D eigenvalue weighted by atomic mass is 35.5. The number of Topliss-reactive ketones (excluding diaryl/α,β-unsaturated/α-hetero) is 1. The molecule has 0 saturated carbocycles. The van der Waals surface area contributed by atoms with Crippen molar-refractivity contribution >= 4 is 40.7 Å². The van der Waals surface area contributed by atoms with Gasteiger partial charge in [-0.15, -0.1) is 0 Å². The van der Waals surface area contributed by atoms with Gasteiger partial charge in [-0.1, -0.05) is 53.5 Å². The summed E-state index contributed by atoms with van der Waals surface area (Å²) in [6.07, 6.45) is 1.34. The summed E-state index contributed by atoms with van der Waals surface area (Å²) in [6.45, 7) is 1.10. The Hall–Kier alpha value is -2.04. The van der Waals surface area contributed by atoms with E-state index in [0.29, 0.717) is 41.7 Å². The summed E-state index contributed by atoms with van der Waals surface area (Å²) in [5.41, 5.74) is 1.34. The third kappa shape index (κ3) is 4.33. The minimum Gasteiger partial charge on any atom is -0.324 e. The van der Waals surface area contributed by atoms with Gasteiger partial charge >= 0.3 is 6.03 Å². The van der Waals surface area contributed by atoms with Gasteiger partial charge in [-0.25, -0.2) is 4.79 Å². The van der Waals surface area contributed by atoms with E-state index < -0.39 is 0 Å². The molecular formula is C19H18Cl2N2O2. The topological polar surface area (TPSA) is 49.4 Å². The SMILES string of the molecule is O=C(c1ccccc1)C1CCN(C(=O)Nc2ccc(Cl)c(Cl)c2)CC1. The fraction of sp³-hybridized carbons (Fsp3) is 0.263. The molecule has 2 aromatic rings. The molecule has 0 radical (unpaired) electrons. The summed E-state index contributed by atoms with van der Waals surface area (Å²) in [4.78, 5) is 26.6. The van der Waals surface area contributed by atoms with Crippen molar-refractivity contribution < 1.29 is 9.59 Å². The molecular weight excluding hydrogens is 359 g/mol. The zero-order chi connectivity index (χ0) is 17.8. The van der Waals surface area contributed by atoms with Gasteiger partial charge in [0.05, 0.1) is 10.0 Å². The van der Waals surface area contributed by atoms with E-state index in [9.17, 15) is 9.59 Å². The van der Waals surface area contributed by atoms with Gasteiger partial charge in [-0.2, -0.15) is 0 Å². The molecule has 1 aliphatic heterocycles. The largest absolute Gasteiger partial charge is 0.324 e. The third-order valence-corrected chi connectivity index (χ3v) is 5.12. The Morgan fingerprint density at radius 3 is 2.28 bits per heavy atom. The number of piperidine rings is 1. The number of likely N-dealkylation sites (tertiary alicyclic amines) is 1. The van der Waals surface area contributed by atoms with Gasteiger partial charge in [0, 0.05) is 30.3 Å². The predicted octanol–water partition coefficient (Wildman–Crippen LogP) is 5.12. The lowest BCUT2D eigenvalue weighted by Gasteiger charge is -2.31. The first-order chi connectivity index (χ1) is 12.0. The zero-order valence-corrected chi connectivity index (χ0v) is 15.1. The van der Waals surface area contributed by atoms with Crippen LogP contribution in [0.1, 0.15) is 23.2 Å². The number of hydrogen-bond acceptors (Lipinski definition) is 2. The van der Waals surface area contributed by atoms with Crippen molar-refractivity contribution in [3.8, 4) is 0 Å². The van der Waals surface area contributed by atoms with Crippen LogP contribution < -0.4 is 5.32 Å². The Morgan fingerprint density at radius 2 is 1.64 bits per heavy atom. The van der Waals surface area contributed by atoms with Crippen LogP contribution in [0.5, 0.6) is 0 Å². The molecule has 0 atom stereocenters. The molecule has 1 saturated heterocycles. The molecule has 1 N–H and O–H groups in total. The van der Waals surface area contributed by atoms with Crippen molar-refractivity contribution in [2.24, 2.45) is 5.92 Å². The number of nitrogens with one attached hydrogen (secondary N) is 1. The van der Waals surface area contributed by atoms with Crippen molar-refractivity contribution in [2.75, 3.05) is 18.4 Å². The van der Waals surface area contributed by atoms with Gasteiger partial charge in [0.1, 0.15) is 0 Å². The number of hydrogen-bond donors (Lipinski definition) is 1. The summed E-state index contributed by atoms with van der Waals surface area (Å²) < 4.78 is 0. The van der Waals surface area contributed by atoms with Crippen molar-refractivity contribution in [2.45, 2.75) is 12.8 Å². The van der Waals surface area contributed by atoms with E-state index in [4.69, 9.17) is 23.2 Å². The molecule has 1 fully saturated rings. The molecule has 2 aromatic carbocycles. The van der Waals surface area contributed by atoms with Gasteiger partial charge < -0.3 is 10.2 Å². The van der Waals surface area contributed by atoms with Gasteiger partial charge in [0.25, 0.3) is 0 Å². The van der Waals surface area contributed by atoms with Crippen LogP contribution in [-0.2, 0) is 0 Å². The van der Waals surface area contributed by atoms with Gasteiger partial charge in [0.2, 0.25) is 0 Å². The van der Waals surface area contributed by atoms with Crippen LogP contribution in [0.25, 0.3) is 0 Å². The number of urea groups is 1. The minimum atomic E-state index is -0.191. The molecule has 2 amide bonds. The molecule has 0 aliphatic carbocycles. The first kappa shape index (κ1) is 17.8. The molecule has 0 spiro atoms. The molecule has 1 aliphatic rings. The molecule has 4 nitrogen and oxygen atoms in total. The first-order valence-electron chi connectivity index (χ1n) is 8.15. The average molecular weight is 377 g/mol. The second-order valence-electron chi connectivity index (χ2n) is 6.05. The lowest BCUT2D eigenvalue weighted by molar-refractivity contribution is 0.0859. The molecule has 6 heteroatoms. The first-order valence-corrected chi connectivity index (χ1v) is 8.90. The molecule has 130 valence electrons. The zero-order valence-electron chi connectivity index (χ0n) is 13.5. The van der Waals surface area contributed by atoms with E-state index >= 15 is 0 Å². The van der Waals surface area contributed by atoms with E-state index in [1.165, 1.54) is 0 Å². The molecule has 3 rings (SSSR count). The maximum absolute atomic E-state index is 12.5. The highest BCUT2D eigenvalue weighted by Gasteiger charge is 2.27. The molecule has 0 unspecified atom stereocenters. The number of nitrogens with zero attached hydrogens (tertiary/aromatic N) is 1. The number of benzene rings is 2. The number of amides is 2. The van der Waals surface area contributed by atoms with Crippen molar-refractivity contribution in [1.82, 2.24) is 4.90 Å². The molecule has 0 bridgehead atoms. The molecule has 0 aromatic heterocycles. The van der Waals surface area contributed by atoms with Crippen molar-refractivity contribution in [1.29, 1.82) is 0 Å². The number of ketones is 1. The Bertz CT molecular complexity index is 772. The van der Waals surface area contributed by atoms with E-state index in [2.05, 4.69) is 5.32 Å². The standard InChI is InChI=1S/C19H18Cl2N2O2/c20-16-7-6-15(12-17(16)21)22-19(25)23-10-8-14(9-11-23)18(24)13-4-2-1-3-5-13/h1-7,12,14H,8-11H2,(H,22,25). The number of halogens is 2. The van der Waals surface area contributed by atoms with Crippen LogP contribution in [0, 0.1) is 5.92 Å². The lowest BCUT2D eigenvalue weighted by Crippen LogP contribution is -2.42. The summed E-state index contributed by atoms with van der Waals surface area (Å²) >= 11 is 11.8. The Balaban J connectivity index is 1.55. The van der Waals surface area contributed by atoms with Gasteiger partial charge in [0.15, 0.2) is 5.78 Å². The summed E-state index contributed by atoms with van der Waals surface area (Å²) in [7, 11) is 0. The fourth-order valence-corrected chi connectivity index (χ4v) is 3.26. The summed E-state index contributed by atoms with van der Waals surface area (Å²) in [5, 5.41) is 3.65. The molecule has 1 heterocycles. The average Bonchev–Trinajstić information content (AvgIpc) is 2.65. The number of carbonyl (C=O) groups excluding carboxylic acids is 2. The summed E-state index contributed by atoms with van der Waals surface area (Å²) in [5.74, 6) is 0.126. The number of rotatable bonds is 3. The lowest BCUT2D eigenvalue weighted by atomic mass is 9.89. The Labute approximate surface area is 156 Å². The minimum absolute atomic E-state index is 0.0311. The highest BCUT2D eigenvalue weighted by Crippen LogP contribution is 2.26. The van der Waals surface area contributed by atoms with Crippen molar-refractivity contribution in [3.05, 3.63) is 64.1 Å². The predicted molar refractivity (Wildman–Crippen MR) is 101 cm³/mol. The number of anilines is 1. The van der Waals surface area contributed by atoms with Crippen LogP contribution >= 0.6 is 23.2 Å². The summed E-state index contributed by atoms with van der Waals surface area (Å²) in [6, 6.07) is 14.1. The quantitative estimate of drug-likeness (QED) is 0.755. The van der Waals surface area contributed by atoms with Crippen LogP contribution in [0.3, 0.4) is 0 Å². The third-order valence-electron chi connectivity index (χ3n) is 4.38. The monoisotopic (exact) mass is 376 g/mol. The Morgan fingerprint density at radius 1 is 0.960 bits per heavy atom. The van der Waals surface area contributed by atoms with Crippen LogP contribution in [0.15, 0.2) is 48.5 Å². The van der Waals surface area contributed by atoms with Gasteiger partial charge in [-0.05, 0) is 31.0 Å². The van der Waals surface area contributed by atoms with Crippen LogP contribution in [-0.4, -0.2) is 29.8 Å². The van der Waals surface area contributed by atoms with Crippen LogP contribution in [0.4, 0.5) is 10.5 Å². The fourth-order valence-electron chi connectivity index (χ4n) is 2.96. The van der Waals surface area contributed by atoms with Gasteiger partial charge in [-0.3, -0.25) is 4.79 Å². The van der Waals surface area contributed by atoms with Crippen LogP contribution in [0.2, 0.25) is 10.0 Å². The maximum Gasteiger partial charge on any atom is 0.321 e. The van der Waals surface area contributed by atoms with E-state index in [1.54, 1.807) is 23.1 Å². The van der Waals surface area contributed by atoms with E-state index in [0.717, 1.165) is 5.56 Å². The second kappa shape index (κ2) is 7.89. The molecule has 25 heavy (non-hydrogen) atoms. The van der Waals surface area contributed by atoms with E-state index in [1.807, 2.05) is 30.3 Å². The highest BCUT2D eigenvalue weighted by molar-refractivity contribution is 6.42. The van der Waals surface area contributed by atoms with Crippen molar-refractivity contribution in [3.63, 3.8) is 0 Å². The smallest absolute Gasteiger partial charge is 0.321 e. The second-order valence-corrected chi connectivity index (χ2v) is 6.87.